The third-order valence-corrected chi connectivity index (χ3v) is 4.77. The first-order valence-electron chi connectivity index (χ1n) is 8.21. The fourth-order valence-electron chi connectivity index (χ4n) is 3.37. The average molecular weight is 346 g/mol. The number of ether oxygens (including phenoxy) is 1. The second kappa shape index (κ2) is 6.11. The summed E-state index contributed by atoms with van der Waals surface area (Å²) in [6.07, 6.45) is 0. The summed E-state index contributed by atoms with van der Waals surface area (Å²) in [4.78, 5) is 32.9. The van der Waals surface area contributed by atoms with Gasteiger partial charge in [0.05, 0.1) is 19.7 Å². The first kappa shape index (κ1) is 17.3. The van der Waals surface area contributed by atoms with Crippen LogP contribution in [0.5, 0.6) is 0 Å². The lowest BCUT2D eigenvalue weighted by atomic mass is 10.1. The number of carbonyl (C=O) groups is 2. The zero-order chi connectivity index (χ0) is 18.5. The zero-order valence-electron chi connectivity index (χ0n) is 15.4. The van der Waals surface area contributed by atoms with Crippen molar-refractivity contribution >= 4 is 23.7 Å². The predicted molar refractivity (Wildman–Crippen MR) is 91.8 cm³/mol. The number of carbonyl (C=O) groups excluding carboxylic acids is 2. The minimum Gasteiger partial charge on any atom is -0.381 e. The van der Waals surface area contributed by atoms with Crippen LogP contribution in [0.15, 0.2) is 17.1 Å². The van der Waals surface area contributed by atoms with Crippen LogP contribution in [0, 0.1) is 13.8 Å². The second-order valence-corrected chi connectivity index (χ2v) is 6.58. The molecule has 1 aromatic heterocycles. The number of methoxy groups -OCH3 is 1. The Balaban J connectivity index is 2.10. The molecule has 1 fully saturated rings. The van der Waals surface area contributed by atoms with Gasteiger partial charge in [0.15, 0.2) is 0 Å². The highest BCUT2D eigenvalue weighted by molar-refractivity contribution is 6.20. The molecule has 0 spiro atoms. The van der Waals surface area contributed by atoms with Crippen LogP contribution < -0.4 is 4.57 Å². The van der Waals surface area contributed by atoms with Gasteiger partial charge >= 0.3 is 12.0 Å². The van der Waals surface area contributed by atoms with E-state index in [0.29, 0.717) is 24.9 Å². The summed E-state index contributed by atoms with van der Waals surface area (Å²) in [5.41, 5.74) is 2.75. The Morgan fingerprint density at radius 1 is 1.36 bits per heavy atom. The summed E-state index contributed by atoms with van der Waals surface area (Å²) in [7, 11) is 3.30. The fourth-order valence-corrected chi connectivity index (χ4v) is 3.37. The molecule has 0 aliphatic carbocycles. The largest absolute Gasteiger partial charge is 0.402 e. The maximum atomic E-state index is 13.0. The van der Waals surface area contributed by atoms with Gasteiger partial charge in [0.2, 0.25) is 11.9 Å². The number of hydrogen-bond acceptors (Lipinski definition) is 4. The van der Waals surface area contributed by atoms with Crippen molar-refractivity contribution < 1.29 is 18.9 Å². The Morgan fingerprint density at radius 2 is 2.04 bits per heavy atom. The van der Waals surface area contributed by atoms with E-state index in [1.807, 2.05) is 23.0 Å². The first-order chi connectivity index (χ1) is 11.8. The molecule has 3 rings (SSSR count). The van der Waals surface area contributed by atoms with Crippen LogP contribution in [0.1, 0.15) is 24.4 Å². The number of rotatable bonds is 5. The topological polar surface area (TPSA) is 71.0 Å². The van der Waals surface area contributed by atoms with Crippen molar-refractivity contribution in [1.29, 1.82) is 0 Å². The number of hydrogen-bond donors (Lipinski definition) is 0. The fraction of sp³-hybridized carbons (Fsp3) is 0.529. The standard InChI is InChI=1S/C17H24N5O3/c1-10(2)9-21-15(23)13-14(19(5)17(21)24)18-16-20(7-8-25-6)11(3)12(4)22(13)16/h13H,1,7-9H2,2-6H3/q+1. The van der Waals surface area contributed by atoms with Gasteiger partial charge < -0.3 is 4.74 Å². The number of nitrogens with zero attached hydrogens (tertiary/aromatic N) is 5. The molecule has 8 heteroatoms. The maximum absolute atomic E-state index is 13.0. The lowest BCUT2D eigenvalue weighted by molar-refractivity contribution is -0.690. The Labute approximate surface area is 147 Å². The number of aromatic nitrogens is 2. The van der Waals surface area contributed by atoms with E-state index < -0.39 is 6.04 Å². The molecule has 0 radical (unpaired) electrons. The lowest BCUT2D eigenvalue weighted by Crippen LogP contribution is -2.58. The molecule has 0 bridgehead atoms. The highest BCUT2D eigenvalue weighted by Crippen LogP contribution is 2.35. The molecule has 0 saturated carbocycles. The van der Waals surface area contributed by atoms with Crippen LogP contribution in [0.4, 0.5) is 10.7 Å². The lowest BCUT2D eigenvalue weighted by Gasteiger charge is -2.33. The third kappa shape index (κ3) is 2.48. The number of amidine groups is 1. The van der Waals surface area contributed by atoms with Crippen molar-refractivity contribution in [2.75, 3.05) is 27.3 Å². The molecule has 134 valence electrons. The van der Waals surface area contributed by atoms with Crippen molar-refractivity contribution in [3.63, 3.8) is 0 Å². The molecular weight excluding hydrogens is 322 g/mol. The molecule has 1 aromatic rings. The molecular formula is C17H24N5O3+. The predicted octanol–water partition coefficient (Wildman–Crippen LogP) is 1.09. The molecule has 3 heterocycles. The summed E-state index contributed by atoms with van der Waals surface area (Å²) in [5, 5.41) is 0. The van der Waals surface area contributed by atoms with Crippen molar-refractivity contribution in [2.45, 2.75) is 33.4 Å². The van der Waals surface area contributed by atoms with Gasteiger partial charge in [-0.05, 0) is 20.8 Å². The van der Waals surface area contributed by atoms with Crippen LogP contribution in [-0.4, -0.2) is 59.4 Å². The molecule has 2 aliphatic heterocycles. The number of amides is 3. The van der Waals surface area contributed by atoms with Gasteiger partial charge in [0, 0.05) is 14.2 Å². The Kier molecular flexibility index (Phi) is 4.24. The van der Waals surface area contributed by atoms with Gasteiger partial charge in [0.25, 0.3) is 5.91 Å². The Bertz CT molecular complexity index is 808. The average Bonchev–Trinajstić information content (AvgIpc) is 3.05. The first-order valence-corrected chi connectivity index (χ1v) is 8.21. The van der Waals surface area contributed by atoms with Crippen molar-refractivity contribution in [3.8, 4) is 0 Å². The molecule has 0 aromatic carbocycles. The van der Waals surface area contributed by atoms with E-state index in [1.165, 1.54) is 9.80 Å². The van der Waals surface area contributed by atoms with Crippen LogP contribution in [-0.2, 0) is 16.1 Å². The van der Waals surface area contributed by atoms with E-state index >= 15 is 0 Å². The molecule has 1 saturated heterocycles. The molecule has 1 unspecified atom stereocenters. The summed E-state index contributed by atoms with van der Waals surface area (Å²) >= 11 is 0. The number of imidazole rings is 1. The summed E-state index contributed by atoms with van der Waals surface area (Å²) < 4.78 is 9.12. The van der Waals surface area contributed by atoms with Crippen molar-refractivity contribution in [1.82, 2.24) is 14.4 Å². The van der Waals surface area contributed by atoms with Gasteiger partial charge in [-0.25, -0.2) is 13.9 Å². The number of likely N-dealkylation sites (N-methyl/N-ethyl adjacent to an activating group) is 1. The SMILES string of the molecule is C=C(C)CN1C(=O)C2C(=Nc3n2c(C)c(C)[n+]3CCOC)N(C)C1=O. The smallest absolute Gasteiger partial charge is 0.381 e. The molecule has 0 N–H and O–H groups in total. The highest BCUT2D eigenvalue weighted by atomic mass is 16.5. The quantitative estimate of drug-likeness (QED) is 0.592. The van der Waals surface area contributed by atoms with Crippen LogP contribution in [0.25, 0.3) is 0 Å². The van der Waals surface area contributed by atoms with Gasteiger partial charge in [-0.2, -0.15) is 0 Å². The normalized spacial score (nSPS) is 19.2. The summed E-state index contributed by atoms with van der Waals surface area (Å²) in [5.74, 6) is 0.884. The zero-order valence-corrected chi connectivity index (χ0v) is 15.4. The van der Waals surface area contributed by atoms with Gasteiger partial charge in [0.1, 0.15) is 11.4 Å². The van der Waals surface area contributed by atoms with E-state index in [4.69, 9.17) is 4.74 Å². The number of aliphatic imine (C=N–C) groups is 1. The summed E-state index contributed by atoms with van der Waals surface area (Å²) in [6, 6.07) is -0.980. The second-order valence-electron chi connectivity index (χ2n) is 6.58. The van der Waals surface area contributed by atoms with E-state index in [1.54, 1.807) is 21.1 Å². The van der Waals surface area contributed by atoms with Gasteiger partial charge in [-0.1, -0.05) is 17.1 Å². The van der Waals surface area contributed by atoms with Crippen LogP contribution in [0.2, 0.25) is 0 Å². The van der Waals surface area contributed by atoms with Crippen molar-refractivity contribution in [3.05, 3.63) is 23.5 Å². The van der Waals surface area contributed by atoms with E-state index in [9.17, 15) is 9.59 Å². The van der Waals surface area contributed by atoms with Gasteiger partial charge in [-0.15, -0.1) is 0 Å². The molecule has 8 nitrogen and oxygen atoms in total. The van der Waals surface area contributed by atoms with E-state index in [0.717, 1.165) is 17.0 Å². The van der Waals surface area contributed by atoms with Gasteiger partial charge in [-0.3, -0.25) is 14.6 Å². The Morgan fingerprint density at radius 3 is 2.64 bits per heavy atom. The maximum Gasteiger partial charge on any atom is 0.402 e. The summed E-state index contributed by atoms with van der Waals surface area (Å²) in [6.45, 7) is 11.0. The highest BCUT2D eigenvalue weighted by Gasteiger charge is 2.53. The number of imide groups is 1. The van der Waals surface area contributed by atoms with Crippen LogP contribution in [0.3, 0.4) is 0 Å². The Hall–Kier alpha value is -2.48. The monoisotopic (exact) mass is 346 g/mol. The molecule has 3 amide bonds. The van der Waals surface area contributed by atoms with E-state index in [-0.39, 0.29) is 18.5 Å². The number of fused-ring (bicyclic) bond motifs is 3. The minimum absolute atomic E-state index is 0.212. The molecule has 25 heavy (non-hydrogen) atoms. The molecule has 1 atom stereocenters. The molecule has 2 aliphatic rings. The minimum atomic E-state index is -0.612. The van der Waals surface area contributed by atoms with Crippen LogP contribution >= 0.6 is 0 Å². The third-order valence-electron chi connectivity index (χ3n) is 4.77. The number of urea groups is 1. The van der Waals surface area contributed by atoms with Crippen molar-refractivity contribution in [2.24, 2.45) is 4.99 Å². The van der Waals surface area contributed by atoms with E-state index in [2.05, 4.69) is 11.6 Å².